The van der Waals surface area contributed by atoms with E-state index in [1.54, 1.807) is 19.1 Å². The highest BCUT2D eigenvalue weighted by atomic mass is 16.5. The van der Waals surface area contributed by atoms with Crippen LogP contribution in [0.5, 0.6) is 11.5 Å². The van der Waals surface area contributed by atoms with Crippen LogP contribution in [0.2, 0.25) is 0 Å². The van der Waals surface area contributed by atoms with Gasteiger partial charge >= 0.3 is 0 Å². The van der Waals surface area contributed by atoms with Gasteiger partial charge in [0, 0.05) is 31.5 Å². The Morgan fingerprint density at radius 2 is 1.75 bits per heavy atom. The molecule has 0 saturated carbocycles. The zero-order valence-electron chi connectivity index (χ0n) is 18.2. The van der Waals surface area contributed by atoms with Gasteiger partial charge in [-0.15, -0.1) is 0 Å². The van der Waals surface area contributed by atoms with Crippen molar-refractivity contribution in [2.75, 3.05) is 25.7 Å². The maximum absolute atomic E-state index is 13.1. The minimum Gasteiger partial charge on any atom is -0.497 e. The number of carbonyl (C=O) groups excluding carboxylic acids is 1. The van der Waals surface area contributed by atoms with Gasteiger partial charge in [-0.3, -0.25) is 4.79 Å². The van der Waals surface area contributed by atoms with E-state index in [4.69, 9.17) is 14.5 Å². The summed E-state index contributed by atoms with van der Waals surface area (Å²) in [5.74, 6) is 2.31. The molecule has 1 fully saturated rings. The smallest absolute Gasteiger partial charge is 0.227 e. The average molecular weight is 428 g/mol. The van der Waals surface area contributed by atoms with Gasteiger partial charge in [0.1, 0.15) is 17.3 Å². The maximum Gasteiger partial charge on any atom is 0.227 e. The molecule has 1 aromatic heterocycles. The molecular formula is C26H25N3O3. The molecule has 0 N–H and O–H groups in total. The van der Waals surface area contributed by atoms with Gasteiger partial charge in [-0.2, -0.15) is 0 Å². The number of anilines is 1. The number of para-hydroxylation sites is 2. The van der Waals surface area contributed by atoms with Crippen LogP contribution in [0.4, 0.5) is 5.69 Å². The number of nitrogens with zero attached hydrogens (tertiary/aromatic N) is 3. The molecule has 3 aromatic carbocycles. The molecule has 1 atom stereocenters. The summed E-state index contributed by atoms with van der Waals surface area (Å²) < 4.78 is 13.1. The highest BCUT2D eigenvalue weighted by molar-refractivity contribution is 5.98. The summed E-state index contributed by atoms with van der Waals surface area (Å²) in [5, 5.41) is 0. The second-order valence-electron chi connectivity index (χ2n) is 7.97. The fourth-order valence-corrected chi connectivity index (χ4v) is 4.46. The average Bonchev–Trinajstić information content (AvgIpc) is 3.40. The van der Waals surface area contributed by atoms with Crippen LogP contribution in [0.3, 0.4) is 0 Å². The van der Waals surface area contributed by atoms with Gasteiger partial charge in [-0.25, -0.2) is 4.98 Å². The highest BCUT2D eigenvalue weighted by Gasteiger charge is 2.36. The molecular weight excluding hydrogens is 402 g/mol. The van der Waals surface area contributed by atoms with E-state index in [9.17, 15) is 4.79 Å². The largest absolute Gasteiger partial charge is 0.497 e. The first-order valence-corrected chi connectivity index (χ1v) is 10.7. The Morgan fingerprint density at radius 1 is 0.969 bits per heavy atom. The number of fused-ring (bicyclic) bond motifs is 1. The molecule has 1 saturated heterocycles. The van der Waals surface area contributed by atoms with E-state index in [0.717, 1.165) is 22.5 Å². The predicted octanol–water partition coefficient (Wildman–Crippen LogP) is 4.62. The quantitative estimate of drug-likeness (QED) is 0.451. The van der Waals surface area contributed by atoms with Crippen molar-refractivity contribution in [1.29, 1.82) is 0 Å². The second-order valence-corrected chi connectivity index (χ2v) is 7.97. The van der Waals surface area contributed by atoms with E-state index in [0.29, 0.717) is 31.0 Å². The number of hydrogen-bond acceptors (Lipinski definition) is 4. The number of hydrogen-bond donors (Lipinski definition) is 0. The SMILES string of the molecule is COc1ccc(OC)c(N2C[C@@H](c3nc4ccccc4n3Cc3ccccc3)CC2=O)c1. The minimum absolute atomic E-state index is 0.0190. The zero-order chi connectivity index (χ0) is 22.1. The minimum atomic E-state index is -0.0190. The Kier molecular flexibility index (Phi) is 5.27. The summed E-state index contributed by atoms with van der Waals surface area (Å²) in [7, 11) is 3.23. The number of ether oxygens (including phenoxy) is 2. The van der Waals surface area contributed by atoms with E-state index in [1.165, 1.54) is 5.56 Å². The molecule has 2 heterocycles. The third-order valence-electron chi connectivity index (χ3n) is 6.03. The molecule has 1 amide bonds. The lowest BCUT2D eigenvalue weighted by molar-refractivity contribution is -0.117. The van der Waals surface area contributed by atoms with E-state index in [1.807, 2.05) is 54.6 Å². The third kappa shape index (κ3) is 3.58. The Labute approximate surface area is 187 Å². The third-order valence-corrected chi connectivity index (χ3v) is 6.03. The topological polar surface area (TPSA) is 56.6 Å². The van der Waals surface area contributed by atoms with Crippen LogP contribution < -0.4 is 14.4 Å². The highest BCUT2D eigenvalue weighted by Crippen LogP contribution is 2.39. The first-order chi connectivity index (χ1) is 15.7. The predicted molar refractivity (Wildman–Crippen MR) is 125 cm³/mol. The lowest BCUT2D eigenvalue weighted by atomic mass is 10.1. The molecule has 1 aliphatic rings. The number of carbonyl (C=O) groups is 1. The standard InChI is InChI=1S/C26H25N3O3/c1-31-20-12-13-24(32-2)23(15-20)28-17-19(14-25(28)30)26-27-21-10-6-7-11-22(21)29(26)16-18-8-4-3-5-9-18/h3-13,15,19H,14,16-17H2,1-2H3/t19-/m0/s1. The van der Waals surface area contributed by atoms with Crippen molar-refractivity contribution in [2.24, 2.45) is 0 Å². The molecule has 6 nitrogen and oxygen atoms in total. The number of imidazole rings is 1. The van der Waals surface area contributed by atoms with Crippen molar-refractivity contribution < 1.29 is 14.3 Å². The summed E-state index contributed by atoms with van der Waals surface area (Å²) in [4.78, 5) is 19.9. The van der Waals surface area contributed by atoms with E-state index < -0.39 is 0 Å². The Morgan fingerprint density at radius 3 is 2.53 bits per heavy atom. The van der Waals surface area contributed by atoms with Crippen LogP contribution in [0, 0.1) is 0 Å². The molecule has 162 valence electrons. The van der Waals surface area contributed by atoms with Crippen LogP contribution in [-0.2, 0) is 11.3 Å². The monoisotopic (exact) mass is 427 g/mol. The van der Waals surface area contributed by atoms with Gasteiger partial charge in [-0.1, -0.05) is 42.5 Å². The molecule has 0 radical (unpaired) electrons. The molecule has 5 rings (SSSR count). The van der Waals surface area contributed by atoms with E-state index in [2.05, 4.69) is 22.8 Å². The molecule has 0 unspecified atom stereocenters. The number of amides is 1. The summed E-state index contributed by atoms with van der Waals surface area (Å²) in [5.41, 5.74) is 3.96. The van der Waals surface area contributed by atoms with Crippen LogP contribution in [0.25, 0.3) is 11.0 Å². The summed E-state index contributed by atoms with van der Waals surface area (Å²) >= 11 is 0. The van der Waals surface area contributed by atoms with Crippen molar-refractivity contribution in [1.82, 2.24) is 9.55 Å². The summed E-state index contributed by atoms with van der Waals surface area (Å²) in [6.07, 6.45) is 0.401. The Hall–Kier alpha value is -3.80. The van der Waals surface area contributed by atoms with Crippen LogP contribution in [0.1, 0.15) is 23.7 Å². The summed E-state index contributed by atoms with van der Waals surface area (Å²) in [6.45, 7) is 1.25. The normalized spacial score (nSPS) is 16.0. The molecule has 1 aliphatic heterocycles. The zero-order valence-corrected chi connectivity index (χ0v) is 18.2. The maximum atomic E-state index is 13.1. The molecule has 4 aromatic rings. The van der Waals surface area contributed by atoms with Crippen LogP contribution in [-0.4, -0.2) is 36.2 Å². The van der Waals surface area contributed by atoms with Gasteiger partial charge in [0.2, 0.25) is 5.91 Å². The van der Waals surface area contributed by atoms with Crippen molar-refractivity contribution in [3.8, 4) is 11.5 Å². The van der Waals surface area contributed by atoms with Crippen LogP contribution >= 0.6 is 0 Å². The number of aromatic nitrogens is 2. The second kappa shape index (κ2) is 8.38. The molecule has 0 spiro atoms. The number of methoxy groups -OCH3 is 2. The van der Waals surface area contributed by atoms with Crippen molar-refractivity contribution in [2.45, 2.75) is 18.9 Å². The summed E-state index contributed by atoms with van der Waals surface area (Å²) in [6, 6.07) is 24.0. The fourth-order valence-electron chi connectivity index (χ4n) is 4.46. The lowest BCUT2D eigenvalue weighted by Crippen LogP contribution is -2.25. The Balaban J connectivity index is 1.53. The van der Waals surface area contributed by atoms with Gasteiger partial charge in [0.15, 0.2) is 0 Å². The van der Waals surface area contributed by atoms with Crippen LogP contribution in [0.15, 0.2) is 72.8 Å². The lowest BCUT2D eigenvalue weighted by Gasteiger charge is -2.20. The van der Waals surface area contributed by atoms with Gasteiger partial charge in [0.05, 0.1) is 30.9 Å². The van der Waals surface area contributed by atoms with Crippen molar-refractivity contribution in [3.63, 3.8) is 0 Å². The first kappa shape index (κ1) is 20.1. The Bertz CT molecular complexity index is 1270. The molecule has 32 heavy (non-hydrogen) atoms. The van der Waals surface area contributed by atoms with E-state index in [-0.39, 0.29) is 11.8 Å². The van der Waals surface area contributed by atoms with Gasteiger partial charge in [0.25, 0.3) is 0 Å². The first-order valence-electron chi connectivity index (χ1n) is 10.7. The number of benzene rings is 3. The molecule has 6 heteroatoms. The number of rotatable bonds is 6. The molecule has 0 bridgehead atoms. The van der Waals surface area contributed by atoms with Gasteiger partial charge < -0.3 is 18.9 Å². The molecule has 0 aliphatic carbocycles. The van der Waals surface area contributed by atoms with Crippen molar-refractivity contribution in [3.05, 3.63) is 84.2 Å². The van der Waals surface area contributed by atoms with Gasteiger partial charge in [-0.05, 0) is 29.8 Å². The van der Waals surface area contributed by atoms with Crippen molar-refractivity contribution >= 4 is 22.6 Å². The van der Waals surface area contributed by atoms with E-state index >= 15 is 0 Å². The fraction of sp³-hybridized carbons (Fsp3) is 0.231.